The minimum atomic E-state index is -1.27. The number of hydrogen-bond acceptors (Lipinski definition) is 4. The first kappa shape index (κ1) is 11.1. The van der Waals surface area contributed by atoms with Crippen LogP contribution in [0.5, 0.6) is 0 Å². The summed E-state index contributed by atoms with van der Waals surface area (Å²) in [4.78, 5) is 20.9. The molecule has 2 unspecified atom stereocenters. The lowest BCUT2D eigenvalue weighted by Crippen LogP contribution is -2.43. The Morgan fingerprint density at radius 3 is 2.42 bits per heavy atom. The van der Waals surface area contributed by atoms with Gasteiger partial charge in [-0.1, -0.05) is 11.6 Å². The summed E-state index contributed by atoms with van der Waals surface area (Å²) in [6.07, 6.45) is -1.27. The normalized spacial score (nSPS) is 14.7. The molecule has 0 fully saturated rings. The Bertz CT molecular complexity index is 173. The zero-order valence-corrected chi connectivity index (χ0v) is 7.45. The molecule has 0 bridgehead atoms. The van der Waals surface area contributed by atoms with Crippen LogP contribution in [0.3, 0.4) is 0 Å². The second-order valence-corrected chi connectivity index (χ2v) is 2.78. The molecule has 2 N–H and O–H groups in total. The predicted octanol–water partition coefficient (Wildman–Crippen LogP) is 0.603. The van der Waals surface area contributed by atoms with Gasteiger partial charge < -0.3 is 10.4 Å². The number of aliphatic hydroxyl groups is 1. The molecule has 0 aliphatic rings. The van der Waals surface area contributed by atoms with E-state index in [2.05, 4.69) is 10.6 Å². The summed E-state index contributed by atoms with van der Waals surface area (Å²) in [7, 11) is 0. The van der Waals surface area contributed by atoms with Gasteiger partial charge in [0, 0.05) is 0 Å². The van der Waals surface area contributed by atoms with Gasteiger partial charge in [0.1, 0.15) is 5.50 Å². The van der Waals surface area contributed by atoms with Crippen LogP contribution in [0.1, 0.15) is 13.8 Å². The summed E-state index contributed by atoms with van der Waals surface area (Å²) in [6.45, 7) is 2.74. The van der Waals surface area contributed by atoms with Crippen LogP contribution in [0.4, 0.5) is 4.79 Å². The molecule has 0 saturated heterocycles. The predicted molar refractivity (Wildman–Crippen MR) is 43.2 cm³/mol. The van der Waals surface area contributed by atoms with Crippen molar-refractivity contribution in [1.82, 2.24) is 10.3 Å². The number of amides is 2. The van der Waals surface area contributed by atoms with E-state index < -0.39 is 17.8 Å². The maximum atomic E-state index is 10.9. The van der Waals surface area contributed by atoms with Crippen molar-refractivity contribution in [2.75, 3.05) is 0 Å². The third-order valence-corrected chi connectivity index (χ3v) is 1.08. The average molecular weight is 196 g/mol. The zero-order chi connectivity index (χ0) is 9.72. The molecule has 7 heteroatoms. The van der Waals surface area contributed by atoms with Gasteiger partial charge in [0.2, 0.25) is 0 Å². The lowest BCUT2D eigenvalue weighted by molar-refractivity contribution is 0.0457. The van der Waals surface area contributed by atoms with E-state index in [1.807, 2.05) is 0 Å². The molecule has 0 spiro atoms. The van der Waals surface area contributed by atoms with E-state index in [-0.39, 0.29) is 0 Å². The number of nitroso groups, excluding NO2 is 1. The first-order valence-corrected chi connectivity index (χ1v) is 3.67. The number of halogens is 1. The van der Waals surface area contributed by atoms with Crippen LogP contribution in [-0.4, -0.2) is 27.9 Å². The number of urea groups is 1. The Kier molecular flexibility index (Phi) is 4.53. The average Bonchev–Trinajstić information content (AvgIpc) is 1.85. The highest BCUT2D eigenvalue weighted by Crippen LogP contribution is 1.98. The number of nitrogens with zero attached hydrogens (tertiary/aromatic N) is 2. The van der Waals surface area contributed by atoms with Crippen molar-refractivity contribution in [3.05, 3.63) is 4.91 Å². The van der Waals surface area contributed by atoms with Crippen LogP contribution >= 0.6 is 11.6 Å². The van der Waals surface area contributed by atoms with Gasteiger partial charge in [-0.05, 0) is 13.8 Å². The fraction of sp³-hybridized carbons (Fsp3) is 0.800. The smallest absolute Gasteiger partial charge is 0.344 e. The quantitative estimate of drug-likeness (QED) is 0.228. The fourth-order valence-corrected chi connectivity index (χ4v) is 0.605. The van der Waals surface area contributed by atoms with Crippen LogP contribution in [-0.2, 0) is 0 Å². The van der Waals surface area contributed by atoms with Gasteiger partial charge in [0.25, 0.3) is 0 Å². The largest absolute Gasteiger partial charge is 0.372 e. The van der Waals surface area contributed by atoms with Crippen LogP contribution in [0, 0.1) is 4.91 Å². The van der Waals surface area contributed by atoms with Gasteiger partial charge in [0.05, 0.1) is 5.29 Å². The van der Waals surface area contributed by atoms with E-state index >= 15 is 0 Å². The molecule has 0 aromatic carbocycles. The van der Waals surface area contributed by atoms with Gasteiger partial charge in [-0.15, -0.1) is 9.92 Å². The summed E-state index contributed by atoms with van der Waals surface area (Å²) in [5, 5.41) is 13.6. The molecule has 70 valence electrons. The summed E-state index contributed by atoms with van der Waals surface area (Å²) in [5.41, 5.74) is -0.625. The number of carbonyl (C=O) groups is 1. The van der Waals surface area contributed by atoms with Gasteiger partial charge >= 0.3 is 6.03 Å². The monoisotopic (exact) mass is 195 g/mol. The molecule has 2 amide bonds. The van der Waals surface area contributed by atoms with Crippen LogP contribution in [0.2, 0.25) is 0 Å². The highest BCUT2D eigenvalue weighted by Gasteiger charge is 2.19. The van der Waals surface area contributed by atoms with E-state index in [4.69, 9.17) is 16.7 Å². The van der Waals surface area contributed by atoms with Crippen molar-refractivity contribution in [2.24, 2.45) is 5.29 Å². The summed E-state index contributed by atoms with van der Waals surface area (Å²) in [5.74, 6) is 0. The molecular weight excluding hydrogens is 186 g/mol. The second kappa shape index (κ2) is 4.89. The summed E-state index contributed by atoms with van der Waals surface area (Å²) >= 11 is 5.39. The van der Waals surface area contributed by atoms with E-state index in [0.717, 1.165) is 0 Å². The molecule has 12 heavy (non-hydrogen) atoms. The van der Waals surface area contributed by atoms with Crippen molar-refractivity contribution in [2.45, 2.75) is 25.6 Å². The molecule has 0 saturated carbocycles. The molecule has 0 aromatic rings. The van der Waals surface area contributed by atoms with Gasteiger partial charge in [-0.3, -0.25) is 0 Å². The van der Waals surface area contributed by atoms with Gasteiger partial charge in [-0.25, -0.2) is 4.79 Å². The first-order valence-electron chi connectivity index (χ1n) is 3.24. The molecule has 6 nitrogen and oxygen atoms in total. The van der Waals surface area contributed by atoms with Crippen molar-refractivity contribution in [3.63, 3.8) is 0 Å². The molecule has 0 heterocycles. The van der Waals surface area contributed by atoms with E-state index in [1.165, 1.54) is 13.8 Å². The fourth-order valence-electron chi connectivity index (χ4n) is 0.511. The van der Waals surface area contributed by atoms with Gasteiger partial charge in [0.15, 0.2) is 6.23 Å². The van der Waals surface area contributed by atoms with Crippen LogP contribution in [0.15, 0.2) is 5.29 Å². The molecule has 0 aliphatic heterocycles. The molecule has 0 aromatic heterocycles. The molecule has 0 aliphatic carbocycles. The number of nitrogens with one attached hydrogen (secondary N) is 1. The summed E-state index contributed by atoms with van der Waals surface area (Å²) < 4.78 is 0. The minimum absolute atomic E-state index is 0.346. The lowest BCUT2D eigenvalue weighted by Gasteiger charge is -2.17. The van der Waals surface area contributed by atoms with Crippen LogP contribution in [0.25, 0.3) is 0 Å². The Morgan fingerprint density at radius 1 is 1.67 bits per heavy atom. The topological polar surface area (TPSA) is 82.0 Å². The highest BCUT2D eigenvalue weighted by atomic mass is 35.5. The van der Waals surface area contributed by atoms with Crippen molar-refractivity contribution >= 4 is 17.6 Å². The number of aliphatic hydroxyl groups excluding tert-OH is 1. The SMILES string of the molecule is CC(Cl)NC(=O)N(N=O)C(C)O. The van der Waals surface area contributed by atoms with Crippen molar-refractivity contribution in [1.29, 1.82) is 0 Å². The Labute approximate surface area is 74.4 Å². The first-order chi connectivity index (χ1) is 5.49. The van der Waals surface area contributed by atoms with Gasteiger partial charge in [-0.2, -0.15) is 0 Å². The minimum Gasteiger partial charge on any atom is -0.372 e. The van der Waals surface area contributed by atoms with E-state index in [1.54, 1.807) is 0 Å². The number of alkyl halides is 1. The molecule has 0 rings (SSSR count). The third kappa shape index (κ3) is 3.49. The summed E-state index contributed by atoms with van der Waals surface area (Å²) in [6, 6.07) is -0.831. The lowest BCUT2D eigenvalue weighted by atomic mass is 10.6. The maximum absolute atomic E-state index is 10.9. The van der Waals surface area contributed by atoms with Crippen molar-refractivity contribution in [3.8, 4) is 0 Å². The molecule has 0 radical (unpaired) electrons. The Balaban J connectivity index is 4.13. The third-order valence-electron chi connectivity index (χ3n) is 0.972. The van der Waals surface area contributed by atoms with E-state index in [0.29, 0.717) is 5.01 Å². The van der Waals surface area contributed by atoms with Crippen LogP contribution < -0.4 is 5.32 Å². The molecular formula is C5H10ClN3O3. The van der Waals surface area contributed by atoms with E-state index in [9.17, 15) is 9.70 Å². The Morgan fingerprint density at radius 2 is 2.17 bits per heavy atom. The number of rotatable bonds is 3. The number of hydrogen-bond donors (Lipinski definition) is 2. The maximum Gasteiger partial charge on any atom is 0.344 e. The van der Waals surface area contributed by atoms with Crippen molar-refractivity contribution < 1.29 is 9.90 Å². The standard InChI is InChI=1S/C5H10ClN3O3/c1-3(6)7-5(11)9(8-12)4(2)10/h3-4,10H,1-2H3,(H,7,11). The number of carbonyl (C=O) groups excluding carboxylic acids is 1. The highest BCUT2D eigenvalue weighted by molar-refractivity contribution is 6.20. The zero-order valence-electron chi connectivity index (χ0n) is 6.69. The second-order valence-electron chi connectivity index (χ2n) is 2.12. The Hall–Kier alpha value is -0.880. The molecule has 2 atom stereocenters.